The van der Waals surface area contributed by atoms with Gasteiger partial charge in [0, 0.05) is 31.2 Å². The highest BCUT2D eigenvalue weighted by Gasteiger charge is 2.49. The van der Waals surface area contributed by atoms with Crippen LogP contribution in [0.25, 0.3) is 0 Å². The Morgan fingerprint density at radius 3 is 2.41 bits per heavy atom. The molecular formula is C26H30FN5O2. The molecule has 178 valence electrons. The lowest BCUT2D eigenvalue weighted by Gasteiger charge is -2.51. The van der Waals surface area contributed by atoms with Gasteiger partial charge in [0.05, 0.1) is 35.7 Å². The molecule has 1 aromatic carbocycles. The molecule has 1 saturated heterocycles. The maximum Gasteiger partial charge on any atom is 0.252 e. The minimum absolute atomic E-state index is 0.0735. The fourth-order valence-corrected chi connectivity index (χ4v) is 5.62. The lowest BCUT2D eigenvalue weighted by molar-refractivity contribution is -0.119. The minimum Gasteiger partial charge on any atom is -0.365 e. The molecule has 1 aromatic heterocycles. The zero-order valence-electron chi connectivity index (χ0n) is 19.3. The summed E-state index contributed by atoms with van der Waals surface area (Å²) in [6.07, 6.45) is 6.80. The van der Waals surface area contributed by atoms with Crippen molar-refractivity contribution in [3.63, 3.8) is 0 Å². The van der Waals surface area contributed by atoms with Gasteiger partial charge >= 0.3 is 0 Å². The van der Waals surface area contributed by atoms with Gasteiger partial charge in [-0.15, -0.1) is 0 Å². The highest BCUT2D eigenvalue weighted by Crippen LogP contribution is 2.44. The zero-order valence-corrected chi connectivity index (χ0v) is 19.3. The molecule has 0 spiro atoms. The molecule has 3 fully saturated rings. The number of carbonyl (C=O) groups excluding carboxylic acids is 2. The number of nitrogens with two attached hydrogens (primary N) is 1. The van der Waals surface area contributed by atoms with Gasteiger partial charge in [0.1, 0.15) is 5.78 Å². The van der Waals surface area contributed by atoms with Crippen LogP contribution in [0.5, 0.6) is 0 Å². The fourth-order valence-electron chi connectivity index (χ4n) is 5.62. The third-order valence-corrected chi connectivity index (χ3v) is 7.93. The van der Waals surface area contributed by atoms with E-state index in [-0.39, 0.29) is 36.1 Å². The van der Waals surface area contributed by atoms with E-state index in [4.69, 9.17) is 5.73 Å². The lowest BCUT2D eigenvalue weighted by atomic mass is 9.75. The van der Waals surface area contributed by atoms with Crippen molar-refractivity contribution in [1.29, 1.82) is 5.26 Å². The van der Waals surface area contributed by atoms with Crippen LogP contribution in [-0.4, -0.2) is 45.5 Å². The summed E-state index contributed by atoms with van der Waals surface area (Å²) >= 11 is 0. The molecule has 0 atom stereocenters. The van der Waals surface area contributed by atoms with Crippen LogP contribution in [0.1, 0.15) is 66.6 Å². The molecule has 8 heteroatoms. The number of aromatic nitrogens is 2. The molecule has 0 bridgehead atoms. The van der Waals surface area contributed by atoms with Crippen LogP contribution in [-0.2, 0) is 22.4 Å². The SMILES string of the molecule is N#CCC1(n2cc(C(N)=O)c(CC(=O)C3CC3)n2)CCC(N2CC(F)(c3ccccc3)C2)CC1. The smallest absolute Gasteiger partial charge is 0.252 e. The van der Waals surface area contributed by atoms with Crippen LogP contribution in [0, 0.1) is 17.2 Å². The van der Waals surface area contributed by atoms with Gasteiger partial charge in [0.25, 0.3) is 5.91 Å². The van der Waals surface area contributed by atoms with Gasteiger partial charge in [0.2, 0.25) is 0 Å². The Bertz CT molecular complexity index is 1120. The summed E-state index contributed by atoms with van der Waals surface area (Å²) in [6, 6.07) is 11.9. The largest absolute Gasteiger partial charge is 0.365 e. The van der Waals surface area contributed by atoms with Crippen molar-refractivity contribution >= 4 is 11.7 Å². The summed E-state index contributed by atoms with van der Waals surface area (Å²) in [4.78, 5) is 26.6. The lowest BCUT2D eigenvalue weighted by Crippen LogP contribution is -2.61. The predicted octanol–water partition coefficient (Wildman–Crippen LogP) is 3.24. The van der Waals surface area contributed by atoms with E-state index in [0.717, 1.165) is 31.2 Å². The first-order valence-corrected chi connectivity index (χ1v) is 12.1. The number of ketones is 1. The van der Waals surface area contributed by atoms with Crippen LogP contribution >= 0.6 is 0 Å². The van der Waals surface area contributed by atoms with Crippen molar-refractivity contribution in [3.05, 3.63) is 53.3 Å². The van der Waals surface area contributed by atoms with E-state index in [1.165, 1.54) is 0 Å². The molecule has 2 N–H and O–H groups in total. The summed E-state index contributed by atoms with van der Waals surface area (Å²) in [5.41, 5.74) is 5.15. The Hall–Kier alpha value is -3.05. The highest BCUT2D eigenvalue weighted by molar-refractivity contribution is 5.95. The first kappa shape index (κ1) is 22.7. The summed E-state index contributed by atoms with van der Waals surface area (Å²) in [7, 11) is 0. The van der Waals surface area contributed by atoms with Crippen molar-refractivity contribution in [2.45, 2.75) is 68.6 Å². The molecule has 1 aliphatic heterocycles. The van der Waals surface area contributed by atoms with Crippen molar-refractivity contribution in [1.82, 2.24) is 14.7 Å². The van der Waals surface area contributed by atoms with Gasteiger partial charge < -0.3 is 5.73 Å². The first-order valence-electron chi connectivity index (χ1n) is 12.1. The predicted molar refractivity (Wildman–Crippen MR) is 123 cm³/mol. The summed E-state index contributed by atoms with van der Waals surface area (Å²) in [6.45, 7) is 0.766. The number of alkyl halides is 1. The minimum atomic E-state index is -1.30. The summed E-state index contributed by atoms with van der Waals surface area (Å²) in [5.74, 6) is -0.437. The van der Waals surface area contributed by atoms with Gasteiger partial charge in [-0.3, -0.25) is 19.2 Å². The van der Waals surface area contributed by atoms with Crippen LogP contribution in [0.15, 0.2) is 36.5 Å². The topological polar surface area (TPSA) is 105 Å². The molecule has 3 aliphatic rings. The Labute approximate surface area is 198 Å². The second-order valence-corrected chi connectivity index (χ2v) is 10.2. The maximum absolute atomic E-state index is 15.3. The van der Waals surface area contributed by atoms with E-state index in [1.807, 2.05) is 30.3 Å². The second-order valence-electron chi connectivity index (χ2n) is 10.2. The zero-order chi connectivity index (χ0) is 23.9. The van der Waals surface area contributed by atoms with Gasteiger partial charge in [-0.05, 0) is 44.1 Å². The average Bonchev–Trinajstić information content (AvgIpc) is 3.58. The molecule has 1 amide bonds. The number of amides is 1. The molecule has 5 rings (SSSR count). The number of likely N-dealkylation sites (tertiary alicyclic amines) is 1. The van der Waals surface area contributed by atoms with Gasteiger partial charge in [0.15, 0.2) is 5.67 Å². The Kier molecular flexibility index (Phi) is 5.76. The van der Waals surface area contributed by atoms with E-state index < -0.39 is 17.1 Å². The Morgan fingerprint density at radius 2 is 1.82 bits per heavy atom. The summed E-state index contributed by atoms with van der Waals surface area (Å²) < 4.78 is 17.0. The molecule has 34 heavy (non-hydrogen) atoms. The normalized spacial score (nSPS) is 26.4. The number of carbonyl (C=O) groups is 2. The fraction of sp³-hybridized carbons (Fsp3) is 0.538. The Balaban J connectivity index is 1.29. The number of Topliss-reactive ketones (excluding diaryl/α,β-unsaturated/α-hetero) is 1. The number of hydrogen-bond donors (Lipinski definition) is 1. The van der Waals surface area contributed by atoms with E-state index >= 15 is 4.39 Å². The van der Waals surface area contributed by atoms with E-state index in [1.54, 1.807) is 10.9 Å². The number of nitriles is 1. The van der Waals surface area contributed by atoms with Gasteiger partial charge in [-0.25, -0.2) is 4.39 Å². The van der Waals surface area contributed by atoms with Gasteiger partial charge in [-0.2, -0.15) is 10.4 Å². The molecule has 2 aliphatic carbocycles. The highest BCUT2D eigenvalue weighted by atomic mass is 19.1. The van der Waals surface area contributed by atoms with Crippen molar-refractivity contribution in [3.8, 4) is 6.07 Å². The second kappa shape index (κ2) is 8.62. The van der Waals surface area contributed by atoms with Crippen molar-refractivity contribution < 1.29 is 14.0 Å². The monoisotopic (exact) mass is 463 g/mol. The Morgan fingerprint density at radius 1 is 1.15 bits per heavy atom. The van der Waals surface area contributed by atoms with E-state index in [9.17, 15) is 14.9 Å². The number of nitrogens with zero attached hydrogens (tertiary/aromatic N) is 4. The molecule has 2 heterocycles. The molecule has 0 radical (unpaired) electrons. The van der Waals surface area contributed by atoms with Crippen LogP contribution in [0.3, 0.4) is 0 Å². The number of rotatable bonds is 8. The van der Waals surface area contributed by atoms with Crippen molar-refractivity contribution in [2.75, 3.05) is 13.1 Å². The summed E-state index contributed by atoms with van der Waals surface area (Å²) in [5, 5.41) is 14.2. The molecule has 2 aromatic rings. The number of hydrogen-bond acceptors (Lipinski definition) is 5. The number of primary amides is 1. The number of halogens is 1. The third kappa shape index (κ3) is 4.14. The van der Waals surface area contributed by atoms with E-state index in [2.05, 4.69) is 16.1 Å². The molecule has 2 saturated carbocycles. The van der Waals surface area contributed by atoms with Crippen LogP contribution in [0.2, 0.25) is 0 Å². The van der Waals surface area contributed by atoms with Crippen LogP contribution < -0.4 is 5.73 Å². The quantitative estimate of drug-likeness (QED) is 0.647. The standard InChI is InChI=1S/C26H30FN5O2/c27-26(19-4-2-1-3-5-19)16-31(17-26)20-8-10-25(11-9-20,12-13-28)32-15-21(24(29)34)22(30-32)14-23(33)18-6-7-18/h1-5,15,18,20H,6-12,14,16-17H2,(H2,29,34). The third-order valence-electron chi connectivity index (χ3n) is 7.93. The first-order chi connectivity index (χ1) is 16.3. The van der Waals surface area contributed by atoms with Crippen molar-refractivity contribution in [2.24, 2.45) is 11.7 Å². The number of benzene rings is 1. The maximum atomic E-state index is 15.3. The molecule has 0 unspecified atom stereocenters. The molecule has 7 nitrogen and oxygen atoms in total. The average molecular weight is 464 g/mol. The van der Waals surface area contributed by atoms with Crippen LogP contribution in [0.4, 0.5) is 4.39 Å². The molecular weight excluding hydrogens is 433 g/mol. The van der Waals surface area contributed by atoms with E-state index in [0.29, 0.717) is 31.6 Å². The van der Waals surface area contributed by atoms with Gasteiger partial charge in [-0.1, -0.05) is 30.3 Å².